The van der Waals surface area contributed by atoms with Gasteiger partial charge in [-0.05, 0) is 29.8 Å². The van der Waals surface area contributed by atoms with Crippen LogP contribution in [0, 0.1) is 0 Å². The first-order valence-corrected chi connectivity index (χ1v) is 6.96. The van der Waals surface area contributed by atoms with Crippen LogP contribution in [0.4, 0.5) is 5.82 Å². The van der Waals surface area contributed by atoms with Gasteiger partial charge in [0.15, 0.2) is 5.82 Å². The first kappa shape index (κ1) is 13.5. The Morgan fingerprint density at radius 3 is 2.55 bits per heavy atom. The molecule has 0 amide bonds. The highest BCUT2D eigenvalue weighted by molar-refractivity contribution is 6.36. The molecule has 0 saturated carbocycles. The topological polar surface area (TPSA) is 53.6 Å². The number of halogens is 3. The van der Waals surface area contributed by atoms with Crippen molar-refractivity contribution < 1.29 is 0 Å². The van der Waals surface area contributed by atoms with E-state index in [9.17, 15) is 0 Å². The highest BCUT2D eigenvalue weighted by atomic mass is 35.5. The van der Waals surface area contributed by atoms with E-state index in [2.05, 4.69) is 20.3 Å². The molecule has 3 rings (SSSR count). The Morgan fingerprint density at radius 1 is 1.05 bits per heavy atom. The number of rotatable bonds is 3. The van der Waals surface area contributed by atoms with E-state index in [0.717, 1.165) is 16.6 Å². The summed E-state index contributed by atoms with van der Waals surface area (Å²) in [6.45, 7) is 0.444. The third-order valence-corrected chi connectivity index (χ3v) is 3.75. The SMILES string of the molecule is Clc1nc(NCc2c(Cl)cccc2Cl)c2[nH]ccc2n1. The third kappa shape index (κ3) is 2.54. The van der Waals surface area contributed by atoms with Gasteiger partial charge in [0, 0.05) is 28.4 Å². The molecule has 0 saturated heterocycles. The second-order valence-corrected chi connectivity index (χ2v) is 5.29. The van der Waals surface area contributed by atoms with Gasteiger partial charge in [-0.3, -0.25) is 0 Å². The quantitative estimate of drug-likeness (QED) is 0.695. The molecule has 0 aliphatic carbocycles. The molecule has 2 N–H and O–H groups in total. The molecule has 0 spiro atoms. The molecule has 1 aromatic carbocycles. The van der Waals surface area contributed by atoms with E-state index in [1.165, 1.54) is 0 Å². The van der Waals surface area contributed by atoms with E-state index < -0.39 is 0 Å². The summed E-state index contributed by atoms with van der Waals surface area (Å²) in [5, 5.41) is 4.57. The number of fused-ring (bicyclic) bond motifs is 1. The molecule has 0 radical (unpaired) electrons. The fourth-order valence-electron chi connectivity index (χ4n) is 1.92. The zero-order valence-electron chi connectivity index (χ0n) is 10.1. The lowest BCUT2D eigenvalue weighted by Crippen LogP contribution is -2.04. The number of hydrogen-bond donors (Lipinski definition) is 2. The van der Waals surface area contributed by atoms with Gasteiger partial charge in [-0.1, -0.05) is 29.3 Å². The van der Waals surface area contributed by atoms with Gasteiger partial charge < -0.3 is 10.3 Å². The van der Waals surface area contributed by atoms with Crippen molar-refractivity contribution in [2.24, 2.45) is 0 Å². The number of benzene rings is 1. The minimum Gasteiger partial charge on any atom is -0.364 e. The monoisotopic (exact) mass is 326 g/mol. The zero-order chi connectivity index (χ0) is 14.1. The van der Waals surface area contributed by atoms with E-state index in [1.54, 1.807) is 24.4 Å². The molecule has 0 atom stereocenters. The highest BCUT2D eigenvalue weighted by Crippen LogP contribution is 2.26. The van der Waals surface area contributed by atoms with Crippen LogP contribution < -0.4 is 5.32 Å². The van der Waals surface area contributed by atoms with Crippen molar-refractivity contribution in [2.75, 3.05) is 5.32 Å². The van der Waals surface area contributed by atoms with Gasteiger partial charge in [0.1, 0.15) is 5.52 Å². The van der Waals surface area contributed by atoms with Crippen molar-refractivity contribution in [1.82, 2.24) is 15.0 Å². The summed E-state index contributed by atoms with van der Waals surface area (Å²) in [7, 11) is 0. The van der Waals surface area contributed by atoms with Crippen LogP contribution in [0.2, 0.25) is 15.3 Å². The van der Waals surface area contributed by atoms with Crippen LogP contribution in [-0.4, -0.2) is 15.0 Å². The van der Waals surface area contributed by atoms with Gasteiger partial charge in [0.05, 0.1) is 5.52 Å². The Morgan fingerprint density at radius 2 is 1.80 bits per heavy atom. The van der Waals surface area contributed by atoms with E-state index in [-0.39, 0.29) is 5.28 Å². The van der Waals surface area contributed by atoms with Crippen molar-refractivity contribution in [1.29, 1.82) is 0 Å². The molecule has 4 nitrogen and oxygen atoms in total. The van der Waals surface area contributed by atoms with Gasteiger partial charge in [0.2, 0.25) is 5.28 Å². The summed E-state index contributed by atoms with van der Waals surface area (Å²) in [5.74, 6) is 0.612. The Labute approximate surface area is 130 Å². The molecule has 102 valence electrons. The first-order chi connectivity index (χ1) is 9.65. The summed E-state index contributed by atoms with van der Waals surface area (Å²) >= 11 is 18.2. The summed E-state index contributed by atoms with van der Waals surface area (Å²) in [6.07, 6.45) is 1.78. The minimum atomic E-state index is 0.185. The maximum Gasteiger partial charge on any atom is 0.225 e. The Bertz CT molecular complexity index is 749. The lowest BCUT2D eigenvalue weighted by Gasteiger charge is -2.10. The minimum absolute atomic E-state index is 0.185. The normalized spacial score (nSPS) is 10.9. The Balaban J connectivity index is 1.92. The Hall–Kier alpha value is -1.49. The number of nitrogens with one attached hydrogen (secondary N) is 2. The smallest absolute Gasteiger partial charge is 0.225 e. The van der Waals surface area contributed by atoms with Crippen molar-refractivity contribution in [3.05, 3.63) is 51.4 Å². The molecule has 0 aliphatic rings. The maximum atomic E-state index is 6.13. The predicted octanol–water partition coefficient (Wildman–Crippen LogP) is 4.53. The fourth-order valence-corrected chi connectivity index (χ4v) is 2.62. The van der Waals surface area contributed by atoms with E-state index in [4.69, 9.17) is 34.8 Å². The number of nitrogens with zero attached hydrogens (tertiary/aromatic N) is 2. The van der Waals surface area contributed by atoms with Crippen LogP contribution in [-0.2, 0) is 6.54 Å². The summed E-state index contributed by atoms with van der Waals surface area (Å²) in [5.41, 5.74) is 2.35. The van der Waals surface area contributed by atoms with Gasteiger partial charge >= 0.3 is 0 Å². The molecule has 0 aliphatic heterocycles. The molecule has 2 aromatic heterocycles. The summed E-state index contributed by atoms with van der Waals surface area (Å²) in [4.78, 5) is 11.4. The number of hydrogen-bond acceptors (Lipinski definition) is 3. The van der Waals surface area contributed by atoms with Gasteiger partial charge in [-0.15, -0.1) is 0 Å². The third-order valence-electron chi connectivity index (χ3n) is 2.87. The van der Waals surface area contributed by atoms with Crippen molar-refractivity contribution in [3.8, 4) is 0 Å². The average Bonchev–Trinajstić information content (AvgIpc) is 2.86. The fraction of sp³-hybridized carbons (Fsp3) is 0.0769. The molecule has 0 unspecified atom stereocenters. The molecular formula is C13H9Cl3N4. The molecule has 0 fully saturated rings. The lowest BCUT2D eigenvalue weighted by atomic mass is 10.2. The number of aromatic nitrogens is 3. The van der Waals surface area contributed by atoms with Crippen molar-refractivity contribution in [3.63, 3.8) is 0 Å². The first-order valence-electron chi connectivity index (χ1n) is 5.82. The molecule has 0 bridgehead atoms. The largest absolute Gasteiger partial charge is 0.364 e. The molecule has 20 heavy (non-hydrogen) atoms. The van der Waals surface area contributed by atoms with Crippen LogP contribution in [0.5, 0.6) is 0 Å². The summed E-state index contributed by atoms with van der Waals surface area (Å²) < 4.78 is 0. The highest BCUT2D eigenvalue weighted by Gasteiger charge is 2.10. The van der Waals surface area contributed by atoms with Crippen LogP contribution in [0.25, 0.3) is 11.0 Å². The number of anilines is 1. The van der Waals surface area contributed by atoms with Crippen LogP contribution in [0.15, 0.2) is 30.5 Å². The molecule has 7 heteroatoms. The average molecular weight is 328 g/mol. The van der Waals surface area contributed by atoms with Crippen LogP contribution in [0.3, 0.4) is 0 Å². The molecule has 3 aromatic rings. The second kappa shape index (κ2) is 5.48. The number of aromatic amines is 1. The van der Waals surface area contributed by atoms with E-state index in [0.29, 0.717) is 22.4 Å². The van der Waals surface area contributed by atoms with Gasteiger partial charge in [-0.25, -0.2) is 4.98 Å². The maximum absolute atomic E-state index is 6.13. The van der Waals surface area contributed by atoms with Gasteiger partial charge in [-0.2, -0.15) is 4.98 Å². The van der Waals surface area contributed by atoms with E-state index in [1.807, 2.05) is 6.07 Å². The summed E-state index contributed by atoms with van der Waals surface area (Å²) in [6, 6.07) is 7.22. The van der Waals surface area contributed by atoms with Crippen molar-refractivity contribution in [2.45, 2.75) is 6.54 Å². The van der Waals surface area contributed by atoms with Crippen LogP contribution >= 0.6 is 34.8 Å². The van der Waals surface area contributed by atoms with Crippen molar-refractivity contribution >= 4 is 51.7 Å². The zero-order valence-corrected chi connectivity index (χ0v) is 12.4. The Kier molecular flexibility index (Phi) is 3.70. The van der Waals surface area contributed by atoms with E-state index >= 15 is 0 Å². The standard InChI is InChI=1S/C13H9Cl3N4/c14-8-2-1-3-9(15)7(8)6-18-12-11-10(4-5-17-11)19-13(16)20-12/h1-5,17H,6H2,(H,18,19,20). The number of H-pyrrole nitrogens is 1. The molecule has 2 heterocycles. The predicted molar refractivity (Wildman–Crippen MR) is 82.7 cm³/mol. The lowest BCUT2D eigenvalue weighted by molar-refractivity contribution is 1.10. The molecular weight excluding hydrogens is 319 g/mol. The second-order valence-electron chi connectivity index (χ2n) is 4.13. The van der Waals surface area contributed by atoms with Gasteiger partial charge in [0.25, 0.3) is 0 Å². The van der Waals surface area contributed by atoms with Crippen LogP contribution in [0.1, 0.15) is 5.56 Å².